The minimum Gasteiger partial charge on any atom is -0.495 e. The van der Waals surface area contributed by atoms with E-state index >= 15 is 0 Å². The molecule has 0 atom stereocenters. The number of anilines is 1. The number of ether oxygens (including phenoxy) is 1. The first-order chi connectivity index (χ1) is 10.8. The summed E-state index contributed by atoms with van der Waals surface area (Å²) in [5, 5.41) is 0.224. The molecule has 0 saturated heterocycles. The van der Waals surface area contributed by atoms with E-state index in [9.17, 15) is 13.2 Å². The maximum Gasteiger partial charge on any atom is 0.265 e. The number of aromatic nitrogens is 1. The van der Waals surface area contributed by atoms with Crippen molar-refractivity contribution in [2.45, 2.75) is 18.2 Å². The van der Waals surface area contributed by atoms with Gasteiger partial charge in [0.15, 0.2) is 0 Å². The molecule has 0 unspecified atom stereocenters. The van der Waals surface area contributed by atoms with Crippen LogP contribution in [0.1, 0.15) is 12.5 Å². The lowest BCUT2D eigenvalue weighted by molar-refractivity contribution is -0.116. The second kappa shape index (κ2) is 6.97. The van der Waals surface area contributed by atoms with Crippen LogP contribution in [0.5, 0.6) is 5.75 Å². The number of nitrogens with zero attached hydrogens (tertiary/aromatic N) is 1. The fraction of sp³-hybridized carbons (Fsp3) is 0.200. The third-order valence-electron chi connectivity index (χ3n) is 2.98. The molecule has 0 fully saturated rings. The van der Waals surface area contributed by atoms with Crippen LogP contribution in [0.3, 0.4) is 0 Å². The van der Waals surface area contributed by atoms with Gasteiger partial charge in [-0.05, 0) is 30.7 Å². The molecule has 1 aromatic heterocycles. The van der Waals surface area contributed by atoms with Crippen molar-refractivity contribution in [3.8, 4) is 5.75 Å². The Hall–Kier alpha value is -2.12. The number of carbonyl (C=O) groups excluding carboxylic acids is 1. The first-order valence-electron chi connectivity index (χ1n) is 6.62. The molecule has 0 spiro atoms. The van der Waals surface area contributed by atoms with E-state index in [4.69, 9.17) is 16.3 Å². The maximum atomic E-state index is 12.6. The number of hydrogen-bond acceptors (Lipinski definition) is 5. The number of sulfonamides is 1. The SMILES string of the molecule is COc1ccc(CC(C)=O)cc1S(=O)(=O)Nc1cnccc1Cl. The zero-order chi connectivity index (χ0) is 17.0. The van der Waals surface area contributed by atoms with Crippen LogP contribution in [0, 0.1) is 0 Å². The summed E-state index contributed by atoms with van der Waals surface area (Å²) in [6.07, 6.45) is 2.90. The second-order valence-electron chi connectivity index (χ2n) is 4.83. The zero-order valence-electron chi connectivity index (χ0n) is 12.5. The van der Waals surface area contributed by atoms with E-state index in [1.54, 1.807) is 6.07 Å². The molecule has 122 valence electrons. The predicted molar refractivity (Wildman–Crippen MR) is 87.4 cm³/mol. The summed E-state index contributed by atoms with van der Waals surface area (Å²) in [5.74, 6) is 0.103. The van der Waals surface area contributed by atoms with Crippen LogP contribution in [0.25, 0.3) is 0 Å². The van der Waals surface area contributed by atoms with Crippen LogP contribution >= 0.6 is 11.6 Å². The van der Waals surface area contributed by atoms with E-state index in [-0.39, 0.29) is 33.6 Å². The van der Waals surface area contributed by atoms with Crippen LogP contribution < -0.4 is 9.46 Å². The number of hydrogen-bond donors (Lipinski definition) is 1. The standard InChI is InChI=1S/C15H15ClN2O4S/c1-10(19)7-11-3-4-14(22-2)15(8-11)23(20,21)18-13-9-17-6-5-12(13)16/h3-6,8-9,18H,7H2,1-2H3. The summed E-state index contributed by atoms with van der Waals surface area (Å²) in [5.41, 5.74) is 0.740. The molecule has 1 heterocycles. The highest BCUT2D eigenvalue weighted by molar-refractivity contribution is 7.92. The van der Waals surface area contributed by atoms with Crippen molar-refractivity contribution in [3.63, 3.8) is 0 Å². The largest absolute Gasteiger partial charge is 0.495 e. The van der Waals surface area contributed by atoms with E-state index in [1.165, 1.54) is 44.6 Å². The molecule has 23 heavy (non-hydrogen) atoms. The fourth-order valence-electron chi connectivity index (χ4n) is 1.98. The van der Waals surface area contributed by atoms with E-state index in [1.807, 2.05) is 0 Å². The van der Waals surface area contributed by atoms with Gasteiger partial charge in [-0.3, -0.25) is 14.5 Å². The summed E-state index contributed by atoms with van der Waals surface area (Å²) in [4.78, 5) is 15.0. The quantitative estimate of drug-likeness (QED) is 0.862. The molecule has 0 aliphatic carbocycles. The van der Waals surface area contributed by atoms with Gasteiger partial charge in [0.05, 0.1) is 24.0 Å². The Morgan fingerprint density at radius 1 is 1.35 bits per heavy atom. The first-order valence-corrected chi connectivity index (χ1v) is 8.48. The van der Waals surface area contributed by atoms with Gasteiger partial charge >= 0.3 is 0 Å². The normalized spacial score (nSPS) is 11.1. The van der Waals surface area contributed by atoms with Gasteiger partial charge in [0.1, 0.15) is 16.4 Å². The fourth-order valence-corrected chi connectivity index (χ4v) is 3.47. The average molecular weight is 355 g/mol. The number of benzene rings is 1. The Balaban J connectivity index is 2.45. The van der Waals surface area contributed by atoms with Crippen LogP contribution in [-0.4, -0.2) is 26.3 Å². The van der Waals surface area contributed by atoms with Crippen LogP contribution in [0.2, 0.25) is 5.02 Å². The Kier molecular flexibility index (Phi) is 5.23. The Morgan fingerprint density at radius 3 is 2.70 bits per heavy atom. The van der Waals surface area contributed by atoms with E-state index in [0.717, 1.165) is 0 Å². The molecule has 8 heteroatoms. The van der Waals surface area contributed by atoms with E-state index in [0.29, 0.717) is 5.56 Å². The van der Waals surface area contributed by atoms with Gasteiger partial charge in [0, 0.05) is 12.6 Å². The number of nitrogens with one attached hydrogen (secondary N) is 1. The first kappa shape index (κ1) is 17.2. The van der Waals surface area contributed by atoms with Crippen molar-refractivity contribution < 1.29 is 17.9 Å². The Bertz CT molecular complexity index is 837. The number of methoxy groups -OCH3 is 1. The highest BCUT2D eigenvalue weighted by atomic mass is 35.5. The Labute approximate surface area is 139 Å². The van der Waals surface area contributed by atoms with Crippen LogP contribution in [-0.2, 0) is 21.2 Å². The number of rotatable bonds is 6. The predicted octanol–water partition coefficient (Wildman–Crippen LogP) is 2.68. The monoisotopic (exact) mass is 354 g/mol. The molecular weight excluding hydrogens is 340 g/mol. The number of pyridine rings is 1. The smallest absolute Gasteiger partial charge is 0.265 e. The van der Waals surface area contributed by atoms with Crippen molar-refractivity contribution in [2.75, 3.05) is 11.8 Å². The summed E-state index contributed by atoms with van der Waals surface area (Å²) < 4.78 is 32.7. The highest BCUT2D eigenvalue weighted by Gasteiger charge is 2.21. The van der Waals surface area contributed by atoms with Gasteiger partial charge in [0.25, 0.3) is 10.0 Å². The molecule has 2 rings (SSSR count). The summed E-state index contributed by atoms with van der Waals surface area (Å²) >= 11 is 5.95. The lowest BCUT2D eigenvalue weighted by Gasteiger charge is -2.13. The third-order valence-corrected chi connectivity index (χ3v) is 4.70. The minimum absolute atomic E-state index is 0.0678. The lowest BCUT2D eigenvalue weighted by Crippen LogP contribution is -2.15. The molecule has 1 N–H and O–H groups in total. The Morgan fingerprint density at radius 2 is 2.09 bits per heavy atom. The molecular formula is C15H15ClN2O4S. The zero-order valence-corrected chi connectivity index (χ0v) is 14.1. The molecule has 0 saturated carbocycles. The summed E-state index contributed by atoms with van der Waals surface area (Å²) in [6, 6.07) is 6.05. The molecule has 1 aromatic carbocycles. The van der Waals surface area contributed by atoms with Crippen molar-refractivity contribution in [3.05, 3.63) is 47.2 Å². The second-order valence-corrected chi connectivity index (χ2v) is 6.88. The van der Waals surface area contributed by atoms with Gasteiger partial charge in [-0.25, -0.2) is 8.42 Å². The van der Waals surface area contributed by atoms with Gasteiger partial charge in [-0.15, -0.1) is 0 Å². The molecule has 0 bridgehead atoms. The number of ketones is 1. The summed E-state index contributed by atoms with van der Waals surface area (Å²) in [6.45, 7) is 1.44. The van der Waals surface area contributed by atoms with E-state index in [2.05, 4.69) is 9.71 Å². The van der Waals surface area contributed by atoms with Crippen molar-refractivity contribution in [1.82, 2.24) is 4.98 Å². The third kappa shape index (κ3) is 4.20. The van der Waals surface area contributed by atoms with Crippen LogP contribution in [0.15, 0.2) is 41.6 Å². The van der Waals surface area contributed by atoms with Crippen LogP contribution in [0.4, 0.5) is 5.69 Å². The van der Waals surface area contributed by atoms with Gasteiger partial charge < -0.3 is 4.74 Å². The molecule has 0 amide bonds. The highest BCUT2D eigenvalue weighted by Crippen LogP contribution is 2.29. The van der Waals surface area contributed by atoms with Crippen molar-refractivity contribution in [1.29, 1.82) is 0 Å². The summed E-state index contributed by atoms with van der Waals surface area (Å²) in [7, 11) is -2.58. The maximum absolute atomic E-state index is 12.6. The average Bonchev–Trinajstić information content (AvgIpc) is 2.49. The molecule has 0 aliphatic rings. The lowest BCUT2D eigenvalue weighted by atomic mass is 10.1. The van der Waals surface area contributed by atoms with E-state index < -0.39 is 10.0 Å². The van der Waals surface area contributed by atoms with Crippen molar-refractivity contribution in [2.24, 2.45) is 0 Å². The number of Topliss-reactive ketones (excluding diaryl/α,β-unsaturated/α-hetero) is 1. The minimum atomic E-state index is -3.95. The molecule has 0 radical (unpaired) electrons. The van der Waals surface area contributed by atoms with Gasteiger partial charge in [-0.2, -0.15) is 0 Å². The number of carbonyl (C=O) groups is 1. The van der Waals surface area contributed by atoms with Gasteiger partial charge in [-0.1, -0.05) is 17.7 Å². The molecule has 0 aliphatic heterocycles. The van der Waals surface area contributed by atoms with Gasteiger partial charge in [0.2, 0.25) is 0 Å². The topological polar surface area (TPSA) is 85.4 Å². The number of halogens is 1. The molecule has 2 aromatic rings. The molecule has 6 nitrogen and oxygen atoms in total. The van der Waals surface area contributed by atoms with Crippen molar-refractivity contribution >= 4 is 33.1 Å².